The van der Waals surface area contributed by atoms with E-state index in [0.29, 0.717) is 11.5 Å². The van der Waals surface area contributed by atoms with Crippen molar-refractivity contribution in [1.82, 2.24) is 0 Å². The average Bonchev–Trinajstić information content (AvgIpc) is 2.48. The second-order valence-electron chi connectivity index (χ2n) is 5.88. The summed E-state index contributed by atoms with van der Waals surface area (Å²) in [6, 6.07) is 6.42. The van der Waals surface area contributed by atoms with Crippen molar-refractivity contribution in [2.24, 2.45) is 5.73 Å². The summed E-state index contributed by atoms with van der Waals surface area (Å²) in [6.07, 6.45) is 0.268. The Labute approximate surface area is 154 Å². The van der Waals surface area contributed by atoms with E-state index in [1.807, 2.05) is 32.9 Å². The molecule has 0 spiro atoms. The molecule has 4 N–H and O–H groups in total. The summed E-state index contributed by atoms with van der Waals surface area (Å²) < 4.78 is 6.88. The lowest BCUT2D eigenvalue weighted by atomic mass is 10.0. The van der Waals surface area contributed by atoms with Crippen molar-refractivity contribution in [3.05, 3.63) is 50.1 Å². The minimum atomic E-state index is -1.02. The van der Waals surface area contributed by atoms with Crippen molar-refractivity contribution in [2.45, 2.75) is 33.2 Å². The number of ether oxygens (including phenoxy) is 1. The normalized spacial score (nSPS) is 12.0. The Morgan fingerprint density at radius 2 is 1.75 bits per heavy atom. The summed E-state index contributed by atoms with van der Waals surface area (Å²) in [5.41, 5.74) is 8.86. The maximum Gasteiger partial charge on any atom is 0.320 e. The molecule has 1 atom stereocenters. The van der Waals surface area contributed by atoms with E-state index in [4.69, 9.17) is 15.6 Å². The number of aryl methyl sites for hydroxylation is 3. The minimum Gasteiger partial charge on any atom is -0.507 e. The molecule has 0 unspecified atom stereocenters. The third-order valence-electron chi connectivity index (χ3n) is 3.75. The lowest BCUT2D eigenvalue weighted by Gasteiger charge is -2.15. The molecule has 0 aliphatic rings. The molecule has 2 aromatic rings. The Morgan fingerprint density at radius 3 is 2.25 bits per heavy atom. The zero-order valence-corrected chi connectivity index (χ0v) is 15.9. The van der Waals surface area contributed by atoms with Crippen LogP contribution >= 0.6 is 22.6 Å². The van der Waals surface area contributed by atoms with E-state index in [9.17, 15) is 9.90 Å². The third kappa shape index (κ3) is 4.18. The van der Waals surface area contributed by atoms with Gasteiger partial charge in [0.05, 0.1) is 3.57 Å². The molecule has 0 bridgehead atoms. The number of hydrogen-bond acceptors (Lipinski definition) is 4. The average molecular weight is 441 g/mol. The monoisotopic (exact) mass is 441 g/mol. The van der Waals surface area contributed by atoms with Crippen LogP contribution in [0.1, 0.15) is 22.3 Å². The van der Waals surface area contributed by atoms with Crippen LogP contribution in [0.15, 0.2) is 24.3 Å². The van der Waals surface area contributed by atoms with Crippen molar-refractivity contribution < 1.29 is 19.7 Å². The van der Waals surface area contributed by atoms with Crippen molar-refractivity contribution in [2.75, 3.05) is 0 Å². The number of phenolic OH excluding ortho intramolecular Hbond substituents is 1. The molecule has 128 valence electrons. The Bertz CT molecular complexity index is 743. The van der Waals surface area contributed by atoms with Gasteiger partial charge in [-0.25, -0.2) is 0 Å². The van der Waals surface area contributed by atoms with Crippen molar-refractivity contribution >= 4 is 28.6 Å². The van der Waals surface area contributed by atoms with Gasteiger partial charge in [0.2, 0.25) is 0 Å². The first-order valence-corrected chi connectivity index (χ1v) is 8.52. The predicted octanol–water partition coefficient (Wildman–Crippen LogP) is 3.67. The second kappa shape index (κ2) is 7.40. The van der Waals surface area contributed by atoms with Crippen molar-refractivity contribution in [3.8, 4) is 17.2 Å². The van der Waals surface area contributed by atoms with Crippen LogP contribution in [0.3, 0.4) is 0 Å². The van der Waals surface area contributed by atoms with Gasteiger partial charge in [-0.3, -0.25) is 4.79 Å². The number of rotatable bonds is 5. The largest absolute Gasteiger partial charge is 0.507 e. The van der Waals surface area contributed by atoms with E-state index in [-0.39, 0.29) is 12.2 Å². The molecule has 2 rings (SSSR count). The predicted molar refractivity (Wildman–Crippen MR) is 101 cm³/mol. The van der Waals surface area contributed by atoms with Gasteiger partial charge in [-0.1, -0.05) is 6.07 Å². The molecule has 24 heavy (non-hydrogen) atoms. The number of carboxylic acid groups (broad SMARTS) is 1. The van der Waals surface area contributed by atoms with Gasteiger partial charge in [0.1, 0.15) is 23.3 Å². The van der Waals surface area contributed by atoms with Crippen LogP contribution in [0.2, 0.25) is 0 Å². The van der Waals surface area contributed by atoms with Crippen LogP contribution < -0.4 is 10.5 Å². The highest BCUT2D eigenvalue weighted by molar-refractivity contribution is 14.1. The molecule has 0 heterocycles. The van der Waals surface area contributed by atoms with E-state index >= 15 is 0 Å². The molecule has 0 aliphatic carbocycles. The lowest BCUT2D eigenvalue weighted by Crippen LogP contribution is -2.32. The number of aliphatic carboxylic acids is 1. The highest BCUT2D eigenvalue weighted by Gasteiger charge is 2.15. The van der Waals surface area contributed by atoms with Crippen LogP contribution in [-0.4, -0.2) is 22.2 Å². The third-order valence-corrected chi connectivity index (χ3v) is 4.55. The molecule has 0 fully saturated rings. The van der Waals surface area contributed by atoms with Gasteiger partial charge < -0.3 is 20.7 Å². The number of carboxylic acids is 1. The maximum atomic E-state index is 10.9. The molecule has 0 aliphatic heterocycles. The standard InChI is InChI=1S/C18H20INO4/c1-9-5-13(6-10(2)16(9)21)24-17-11(3)4-12(7-14(17)19)8-15(20)18(22)23/h4-7,15,21H,8,20H2,1-3H3,(H,22,23)/t15-/m0/s1. The van der Waals surface area contributed by atoms with Gasteiger partial charge in [-0.15, -0.1) is 0 Å². The highest BCUT2D eigenvalue weighted by Crippen LogP contribution is 2.34. The van der Waals surface area contributed by atoms with Crippen LogP contribution in [0.5, 0.6) is 17.2 Å². The van der Waals surface area contributed by atoms with Crippen LogP contribution in [0, 0.1) is 24.3 Å². The van der Waals surface area contributed by atoms with Gasteiger partial charge in [0.15, 0.2) is 0 Å². The number of nitrogens with two attached hydrogens (primary N) is 1. The molecule has 0 saturated heterocycles. The van der Waals surface area contributed by atoms with Gasteiger partial charge in [-0.2, -0.15) is 0 Å². The van der Waals surface area contributed by atoms with Gasteiger partial charge >= 0.3 is 5.97 Å². The minimum absolute atomic E-state index is 0.268. The zero-order valence-electron chi connectivity index (χ0n) is 13.8. The van der Waals surface area contributed by atoms with Gasteiger partial charge in [0, 0.05) is 0 Å². The summed E-state index contributed by atoms with van der Waals surface area (Å²) in [6.45, 7) is 5.56. The zero-order chi connectivity index (χ0) is 18.0. The first-order valence-electron chi connectivity index (χ1n) is 7.44. The van der Waals surface area contributed by atoms with E-state index in [0.717, 1.165) is 25.8 Å². The fourth-order valence-electron chi connectivity index (χ4n) is 2.48. The lowest BCUT2D eigenvalue weighted by molar-refractivity contribution is -0.138. The Hall–Kier alpha value is -1.80. The maximum absolute atomic E-state index is 10.9. The molecule has 6 heteroatoms. The molecular formula is C18H20INO4. The summed E-state index contributed by atoms with van der Waals surface area (Å²) in [5, 5.41) is 18.8. The summed E-state index contributed by atoms with van der Waals surface area (Å²) in [5.74, 6) is 0.622. The second-order valence-corrected chi connectivity index (χ2v) is 7.04. The quantitative estimate of drug-likeness (QED) is 0.616. The van der Waals surface area contributed by atoms with E-state index < -0.39 is 12.0 Å². The number of aromatic hydroxyl groups is 1. The van der Waals surface area contributed by atoms with Crippen LogP contribution in [0.25, 0.3) is 0 Å². The van der Waals surface area contributed by atoms with Crippen molar-refractivity contribution in [1.29, 1.82) is 0 Å². The molecule has 0 saturated carbocycles. The fraction of sp³-hybridized carbons (Fsp3) is 0.278. The SMILES string of the molecule is Cc1cc(Oc2c(C)cc(C[C@H](N)C(=O)O)cc2I)cc(C)c1O. The Balaban J connectivity index is 2.30. The van der Waals surface area contributed by atoms with E-state index in [1.165, 1.54) is 0 Å². The smallest absolute Gasteiger partial charge is 0.320 e. The number of phenols is 1. The fourth-order valence-corrected chi connectivity index (χ4v) is 3.42. The number of carbonyl (C=O) groups is 1. The highest BCUT2D eigenvalue weighted by atomic mass is 127. The molecule has 0 amide bonds. The topological polar surface area (TPSA) is 92.8 Å². The van der Waals surface area contributed by atoms with Gasteiger partial charge in [0.25, 0.3) is 0 Å². The van der Waals surface area contributed by atoms with E-state index in [1.54, 1.807) is 12.1 Å². The van der Waals surface area contributed by atoms with Crippen LogP contribution in [0.4, 0.5) is 0 Å². The molecule has 2 aromatic carbocycles. The van der Waals surface area contributed by atoms with Crippen LogP contribution in [-0.2, 0) is 11.2 Å². The van der Waals surface area contributed by atoms with Gasteiger partial charge in [-0.05, 0) is 90.2 Å². The summed E-state index contributed by atoms with van der Waals surface area (Å²) in [4.78, 5) is 10.9. The number of hydrogen-bond donors (Lipinski definition) is 3. The Kier molecular flexibility index (Phi) is 5.71. The summed E-state index contributed by atoms with van der Waals surface area (Å²) in [7, 11) is 0. The molecule has 0 aromatic heterocycles. The number of halogens is 1. The molecular weight excluding hydrogens is 421 g/mol. The van der Waals surface area contributed by atoms with Crippen molar-refractivity contribution in [3.63, 3.8) is 0 Å². The molecule has 5 nitrogen and oxygen atoms in total. The first kappa shape index (κ1) is 18.5. The Morgan fingerprint density at radius 1 is 1.17 bits per heavy atom. The molecule has 0 radical (unpaired) electrons. The van der Waals surface area contributed by atoms with E-state index in [2.05, 4.69) is 22.6 Å². The number of benzene rings is 2. The first-order chi connectivity index (χ1) is 11.2. The summed E-state index contributed by atoms with van der Waals surface area (Å²) >= 11 is 2.16.